The van der Waals surface area contributed by atoms with Gasteiger partial charge in [0.25, 0.3) is 0 Å². The molecule has 1 aliphatic carbocycles. The highest BCUT2D eigenvalue weighted by Crippen LogP contribution is 2.37. The Morgan fingerprint density at radius 3 is 2.59 bits per heavy atom. The zero-order valence-corrected chi connectivity index (χ0v) is 16.5. The quantitative estimate of drug-likeness (QED) is 0.697. The van der Waals surface area contributed by atoms with Crippen molar-refractivity contribution in [3.8, 4) is 11.5 Å². The first-order valence-corrected chi connectivity index (χ1v) is 10.1. The number of amides is 1. The van der Waals surface area contributed by atoms with Crippen LogP contribution in [0, 0.1) is 11.6 Å². The van der Waals surface area contributed by atoms with E-state index in [0.717, 1.165) is 24.5 Å². The Kier molecular flexibility index (Phi) is 5.69. The second-order valence-electron chi connectivity index (χ2n) is 7.85. The molecule has 6 heteroatoms. The summed E-state index contributed by atoms with van der Waals surface area (Å²) >= 11 is 0. The Bertz CT molecular complexity index is 896. The maximum Gasteiger partial charge on any atom is 0.223 e. The summed E-state index contributed by atoms with van der Waals surface area (Å²) in [6, 6.07) is 9.27. The molecule has 0 aromatic heterocycles. The van der Waals surface area contributed by atoms with Crippen LogP contribution in [0.4, 0.5) is 8.78 Å². The predicted molar refractivity (Wildman–Crippen MR) is 105 cm³/mol. The van der Waals surface area contributed by atoms with Crippen molar-refractivity contribution in [3.63, 3.8) is 0 Å². The van der Waals surface area contributed by atoms with E-state index in [4.69, 9.17) is 9.47 Å². The Morgan fingerprint density at radius 1 is 1.07 bits per heavy atom. The third kappa shape index (κ3) is 4.36. The molecular formula is C23H25F2NO3. The average molecular weight is 401 g/mol. The number of methoxy groups -OCH3 is 1. The van der Waals surface area contributed by atoms with Crippen molar-refractivity contribution in [2.24, 2.45) is 0 Å². The molecule has 2 aromatic carbocycles. The van der Waals surface area contributed by atoms with Crippen molar-refractivity contribution in [1.82, 2.24) is 4.90 Å². The molecule has 0 N–H and O–H groups in total. The lowest BCUT2D eigenvalue weighted by Crippen LogP contribution is -2.25. The molecule has 2 aliphatic rings. The van der Waals surface area contributed by atoms with Gasteiger partial charge in [0.2, 0.25) is 5.91 Å². The fraction of sp³-hybridized carbons (Fsp3) is 0.435. The van der Waals surface area contributed by atoms with Crippen LogP contribution in [0.5, 0.6) is 11.5 Å². The first-order chi connectivity index (χ1) is 14.0. The van der Waals surface area contributed by atoms with E-state index >= 15 is 0 Å². The van der Waals surface area contributed by atoms with E-state index in [9.17, 15) is 13.6 Å². The highest BCUT2D eigenvalue weighted by atomic mass is 19.1. The number of halogens is 2. The summed E-state index contributed by atoms with van der Waals surface area (Å²) in [6.07, 6.45) is 5.02. The third-order valence-electron chi connectivity index (χ3n) is 5.85. The van der Waals surface area contributed by atoms with Crippen LogP contribution in [-0.2, 0) is 11.3 Å². The Labute approximate surface area is 169 Å². The molecule has 1 atom stereocenters. The van der Waals surface area contributed by atoms with Crippen molar-refractivity contribution in [2.75, 3.05) is 13.7 Å². The summed E-state index contributed by atoms with van der Waals surface area (Å²) in [5.74, 6) is 0.126. The van der Waals surface area contributed by atoms with Gasteiger partial charge < -0.3 is 14.4 Å². The predicted octanol–water partition coefficient (Wildman–Crippen LogP) is 4.81. The van der Waals surface area contributed by atoms with E-state index in [-0.39, 0.29) is 24.5 Å². The fourth-order valence-electron chi connectivity index (χ4n) is 4.23. The molecule has 1 saturated carbocycles. The van der Waals surface area contributed by atoms with Gasteiger partial charge in [-0.2, -0.15) is 0 Å². The van der Waals surface area contributed by atoms with Gasteiger partial charge in [0, 0.05) is 37.1 Å². The minimum atomic E-state index is -0.627. The summed E-state index contributed by atoms with van der Waals surface area (Å²) in [5, 5.41) is 0. The molecule has 1 heterocycles. The molecule has 4 rings (SSSR count). The number of benzene rings is 2. The van der Waals surface area contributed by atoms with Gasteiger partial charge in [0.05, 0.1) is 13.2 Å². The van der Waals surface area contributed by atoms with Crippen LogP contribution in [-0.4, -0.2) is 30.6 Å². The first kappa shape index (κ1) is 19.7. The third-order valence-corrected chi connectivity index (χ3v) is 5.85. The van der Waals surface area contributed by atoms with Crippen LogP contribution in [0.15, 0.2) is 36.4 Å². The molecular weight excluding hydrogens is 376 g/mol. The van der Waals surface area contributed by atoms with E-state index in [1.807, 2.05) is 18.2 Å². The lowest BCUT2D eigenvalue weighted by atomic mass is 9.98. The van der Waals surface area contributed by atoms with Crippen molar-refractivity contribution in [1.29, 1.82) is 0 Å². The molecule has 29 heavy (non-hydrogen) atoms. The highest BCUT2D eigenvalue weighted by molar-refractivity contribution is 5.79. The number of hydrogen-bond acceptors (Lipinski definition) is 3. The lowest BCUT2D eigenvalue weighted by molar-refractivity contribution is -0.128. The minimum Gasteiger partial charge on any atom is -0.493 e. The molecule has 2 fully saturated rings. The van der Waals surface area contributed by atoms with Crippen LogP contribution in [0.2, 0.25) is 0 Å². The van der Waals surface area contributed by atoms with Gasteiger partial charge in [0.15, 0.2) is 11.5 Å². The molecule has 1 unspecified atom stereocenters. The topological polar surface area (TPSA) is 38.8 Å². The molecule has 0 spiro atoms. The average Bonchev–Trinajstić information content (AvgIpc) is 3.34. The van der Waals surface area contributed by atoms with Gasteiger partial charge >= 0.3 is 0 Å². The number of nitrogens with zero attached hydrogens (tertiary/aromatic N) is 1. The highest BCUT2D eigenvalue weighted by Gasteiger charge is 2.32. The molecule has 1 aliphatic heterocycles. The maximum absolute atomic E-state index is 14.0. The first-order valence-electron chi connectivity index (χ1n) is 10.1. The molecule has 2 aromatic rings. The van der Waals surface area contributed by atoms with E-state index in [1.54, 1.807) is 12.0 Å². The molecule has 154 valence electrons. The summed E-state index contributed by atoms with van der Waals surface area (Å²) in [7, 11) is 1.62. The van der Waals surface area contributed by atoms with E-state index in [1.165, 1.54) is 25.0 Å². The zero-order valence-electron chi connectivity index (χ0n) is 16.5. The fourth-order valence-corrected chi connectivity index (χ4v) is 4.23. The van der Waals surface area contributed by atoms with Crippen molar-refractivity contribution in [2.45, 2.75) is 50.7 Å². The van der Waals surface area contributed by atoms with Crippen molar-refractivity contribution >= 4 is 5.91 Å². The number of hydrogen-bond donors (Lipinski definition) is 0. The monoisotopic (exact) mass is 401 g/mol. The Balaban J connectivity index is 1.49. The van der Waals surface area contributed by atoms with Crippen molar-refractivity contribution < 1.29 is 23.0 Å². The number of carbonyl (C=O) groups excluding carboxylic acids is 1. The van der Waals surface area contributed by atoms with Crippen LogP contribution < -0.4 is 9.47 Å². The Hall–Kier alpha value is -2.63. The summed E-state index contributed by atoms with van der Waals surface area (Å²) in [4.78, 5) is 14.1. The summed E-state index contributed by atoms with van der Waals surface area (Å²) < 4.78 is 38.7. The summed E-state index contributed by atoms with van der Waals surface area (Å²) in [5.41, 5.74) is 1.33. The number of likely N-dealkylation sites (tertiary alicyclic amines) is 1. The van der Waals surface area contributed by atoms with Gasteiger partial charge in [-0.3, -0.25) is 4.79 Å². The van der Waals surface area contributed by atoms with Crippen molar-refractivity contribution in [3.05, 3.63) is 59.2 Å². The normalized spacial score (nSPS) is 19.8. The molecule has 1 amide bonds. The van der Waals surface area contributed by atoms with E-state index in [2.05, 4.69) is 0 Å². The van der Waals surface area contributed by atoms with Gasteiger partial charge in [-0.1, -0.05) is 12.1 Å². The standard InChI is InChI=1S/C23H25F2NO3/c1-28-21-9-7-15(10-22(21)29-19-4-2-3-5-19)17-11-23(27)26(14-17)13-16-6-8-18(24)12-20(16)25/h6-10,12,17,19H,2-5,11,13-14H2,1H3. The largest absolute Gasteiger partial charge is 0.493 e. The molecule has 0 bridgehead atoms. The summed E-state index contributed by atoms with van der Waals surface area (Å²) in [6.45, 7) is 0.633. The van der Waals surface area contributed by atoms with E-state index in [0.29, 0.717) is 30.0 Å². The van der Waals surface area contributed by atoms with Crippen LogP contribution in [0.25, 0.3) is 0 Å². The van der Waals surface area contributed by atoms with Crippen LogP contribution >= 0.6 is 0 Å². The lowest BCUT2D eigenvalue weighted by Gasteiger charge is -2.19. The van der Waals surface area contributed by atoms with Crippen LogP contribution in [0.1, 0.15) is 49.1 Å². The SMILES string of the molecule is COc1ccc(C2CC(=O)N(Cc3ccc(F)cc3F)C2)cc1OC1CCCC1. The van der Waals surface area contributed by atoms with Gasteiger partial charge in [-0.05, 0) is 49.4 Å². The second kappa shape index (κ2) is 8.39. The number of carbonyl (C=O) groups is 1. The Morgan fingerprint density at radius 2 is 1.86 bits per heavy atom. The van der Waals surface area contributed by atoms with Crippen LogP contribution in [0.3, 0.4) is 0 Å². The number of ether oxygens (including phenoxy) is 2. The molecule has 0 radical (unpaired) electrons. The van der Waals surface area contributed by atoms with Gasteiger partial charge in [-0.25, -0.2) is 8.78 Å². The second-order valence-corrected chi connectivity index (χ2v) is 7.85. The molecule has 4 nitrogen and oxygen atoms in total. The van der Waals surface area contributed by atoms with Gasteiger partial charge in [0.1, 0.15) is 11.6 Å². The zero-order chi connectivity index (χ0) is 20.4. The molecule has 1 saturated heterocycles. The van der Waals surface area contributed by atoms with E-state index < -0.39 is 11.6 Å². The smallest absolute Gasteiger partial charge is 0.223 e. The van der Waals surface area contributed by atoms with Gasteiger partial charge in [-0.15, -0.1) is 0 Å². The maximum atomic E-state index is 14.0. The number of rotatable bonds is 6. The minimum absolute atomic E-state index is 0.00263.